The van der Waals surface area contributed by atoms with Crippen molar-refractivity contribution in [1.29, 1.82) is 0 Å². The van der Waals surface area contributed by atoms with E-state index in [-0.39, 0.29) is 11.8 Å². The molecule has 0 atom stereocenters. The molecule has 1 heterocycles. The second-order valence-corrected chi connectivity index (χ2v) is 5.09. The highest BCUT2D eigenvalue weighted by molar-refractivity contribution is 5.73. The summed E-state index contributed by atoms with van der Waals surface area (Å²) >= 11 is 0. The number of nitrogens with zero attached hydrogens (tertiary/aromatic N) is 1. The lowest BCUT2D eigenvalue weighted by molar-refractivity contribution is -0.0498. The first kappa shape index (κ1) is 18.4. The highest BCUT2D eigenvalue weighted by Crippen LogP contribution is 2.15. The summed E-state index contributed by atoms with van der Waals surface area (Å²) in [6.45, 7) is -2.07. The zero-order valence-electron chi connectivity index (χ0n) is 13.7. The van der Waals surface area contributed by atoms with Gasteiger partial charge in [-0.1, -0.05) is 12.1 Å². The van der Waals surface area contributed by atoms with Crippen LogP contribution in [0.1, 0.15) is 11.1 Å². The van der Waals surface area contributed by atoms with Gasteiger partial charge in [0.2, 0.25) is 5.88 Å². The molecule has 1 aromatic carbocycles. The highest BCUT2D eigenvalue weighted by Gasteiger charge is 2.05. The van der Waals surface area contributed by atoms with E-state index >= 15 is 0 Å². The highest BCUT2D eigenvalue weighted by atomic mass is 19.3. The van der Waals surface area contributed by atoms with Crippen molar-refractivity contribution in [3.05, 3.63) is 53.7 Å². The zero-order valence-corrected chi connectivity index (χ0v) is 13.7. The number of halogens is 2. The monoisotopic (exact) mass is 351 g/mol. The molecule has 2 aromatic rings. The lowest BCUT2D eigenvalue weighted by Crippen LogP contribution is -2.36. The standard InChI is InChI=1S/C17H19F2N3O3/c1-24-15-10-13(7-8-20-15)11-22-17(23)21-9-6-12-2-4-14(5-3-12)25-16(18)19/h2-5,7-8,10,16H,6,9,11H2,1H3,(H2,21,22,23). The smallest absolute Gasteiger partial charge is 0.387 e. The molecular weight excluding hydrogens is 332 g/mol. The number of pyridine rings is 1. The Hall–Kier alpha value is -2.90. The molecule has 0 bridgehead atoms. The van der Waals surface area contributed by atoms with Crippen molar-refractivity contribution >= 4 is 6.03 Å². The summed E-state index contributed by atoms with van der Waals surface area (Å²) in [5.41, 5.74) is 1.78. The zero-order chi connectivity index (χ0) is 18.1. The van der Waals surface area contributed by atoms with Crippen molar-refractivity contribution in [2.45, 2.75) is 19.6 Å². The maximum absolute atomic E-state index is 12.1. The molecule has 1 aromatic heterocycles. The van der Waals surface area contributed by atoms with Gasteiger partial charge in [0, 0.05) is 25.4 Å². The Morgan fingerprint density at radius 1 is 1.16 bits per heavy atom. The number of benzene rings is 1. The van der Waals surface area contributed by atoms with Gasteiger partial charge in [0.1, 0.15) is 5.75 Å². The van der Waals surface area contributed by atoms with Crippen LogP contribution in [0, 0.1) is 0 Å². The van der Waals surface area contributed by atoms with Gasteiger partial charge in [-0.2, -0.15) is 8.78 Å². The fourth-order valence-corrected chi connectivity index (χ4v) is 2.07. The first-order valence-corrected chi connectivity index (χ1v) is 7.61. The van der Waals surface area contributed by atoms with Crippen molar-refractivity contribution in [2.75, 3.05) is 13.7 Å². The van der Waals surface area contributed by atoms with Crippen molar-refractivity contribution in [2.24, 2.45) is 0 Å². The normalized spacial score (nSPS) is 10.4. The third kappa shape index (κ3) is 6.62. The average molecular weight is 351 g/mol. The average Bonchev–Trinajstić information content (AvgIpc) is 2.61. The first-order chi connectivity index (χ1) is 12.1. The van der Waals surface area contributed by atoms with Gasteiger partial charge in [-0.05, 0) is 35.7 Å². The quantitative estimate of drug-likeness (QED) is 0.767. The van der Waals surface area contributed by atoms with E-state index in [4.69, 9.17) is 4.74 Å². The van der Waals surface area contributed by atoms with Crippen LogP contribution in [0.3, 0.4) is 0 Å². The van der Waals surface area contributed by atoms with Crippen LogP contribution < -0.4 is 20.1 Å². The summed E-state index contributed by atoms with van der Waals surface area (Å²) in [6.07, 6.45) is 2.18. The number of alkyl halides is 2. The number of hydrogen-bond acceptors (Lipinski definition) is 4. The van der Waals surface area contributed by atoms with Crippen molar-refractivity contribution in [1.82, 2.24) is 15.6 Å². The topological polar surface area (TPSA) is 72.5 Å². The summed E-state index contributed by atoms with van der Waals surface area (Å²) in [4.78, 5) is 15.8. The largest absolute Gasteiger partial charge is 0.481 e. The van der Waals surface area contributed by atoms with Crippen LogP contribution in [0.4, 0.5) is 13.6 Å². The maximum Gasteiger partial charge on any atom is 0.387 e. The van der Waals surface area contributed by atoms with Crippen LogP contribution in [0.25, 0.3) is 0 Å². The Morgan fingerprint density at radius 3 is 2.60 bits per heavy atom. The van der Waals surface area contributed by atoms with Gasteiger partial charge >= 0.3 is 12.6 Å². The van der Waals surface area contributed by atoms with Gasteiger partial charge in [-0.3, -0.25) is 0 Å². The minimum atomic E-state index is -2.84. The molecule has 0 radical (unpaired) electrons. The third-order valence-electron chi connectivity index (χ3n) is 3.31. The van der Waals surface area contributed by atoms with Gasteiger partial charge in [-0.25, -0.2) is 9.78 Å². The van der Waals surface area contributed by atoms with E-state index < -0.39 is 6.61 Å². The fraction of sp³-hybridized carbons (Fsp3) is 0.294. The number of carbonyl (C=O) groups excluding carboxylic acids is 1. The molecule has 0 fully saturated rings. The first-order valence-electron chi connectivity index (χ1n) is 7.61. The molecule has 6 nitrogen and oxygen atoms in total. The molecule has 2 amide bonds. The van der Waals surface area contributed by atoms with Crippen LogP contribution in [0.15, 0.2) is 42.6 Å². The Bertz CT molecular complexity index is 681. The number of ether oxygens (including phenoxy) is 2. The second-order valence-electron chi connectivity index (χ2n) is 5.09. The van der Waals surface area contributed by atoms with Crippen molar-refractivity contribution < 1.29 is 23.0 Å². The number of rotatable bonds is 8. The third-order valence-corrected chi connectivity index (χ3v) is 3.31. The van der Waals surface area contributed by atoms with Gasteiger partial charge in [0.05, 0.1) is 7.11 Å². The summed E-state index contributed by atoms with van der Waals surface area (Å²) in [6, 6.07) is 9.53. The second kappa shape index (κ2) is 9.41. The molecule has 0 saturated carbocycles. The van der Waals surface area contributed by atoms with Crippen LogP contribution >= 0.6 is 0 Å². The van der Waals surface area contributed by atoms with E-state index in [0.717, 1.165) is 11.1 Å². The molecule has 0 spiro atoms. The molecule has 134 valence electrons. The molecule has 0 saturated heterocycles. The van der Waals surface area contributed by atoms with Gasteiger partial charge in [0.25, 0.3) is 0 Å². The molecule has 25 heavy (non-hydrogen) atoms. The Kier molecular flexibility index (Phi) is 6.94. The van der Waals surface area contributed by atoms with Crippen LogP contribution in [0.2, 0.25) is 0 Å². The molecule has 2 rings (SSSR count). The summed E-state index contributed by atoms with van der Waals surface area (Å²) < 4.78 is 33.4. The predicted molar refractivity (Wildman–Crippen MR) is 87.8 cm³/mol. The van der Waals surface area contributed by atoms with Gasteiger partial charge < -0.3 is 20.1 Å². The lowest BCUT2D eigenvalue weighted by atomic mass is 10.1. The Labute approximate surface area is 144 Å². The number of carbonyl (C=O) groups is 1. The Morgan fingerprint density at radius 2 is 1.92 bits per heavy atom. The van der Waals surface area contributed by atoms with Crippen molar-refractivity contribution in [3.63, 3.8) is 0 Å². The fourth-order valence-electron chi connectivity index (χ4n) is 2.07. The van der Waals surface area contributed by atoms with Crippen LogP contribution in [0.5, 0.6) is 11.6 Å². The van der Waals surface area contributed by atoms with Crippen LogP contribution in [-0.4, -0.2) is 31.3 Å². The number of methoxy groups -OCH3 is 1. The minimum absolute atomic E-state index is 0.109. The summed E-state index contributed by atoms with van der Waals surface area (Å²) in [5, 5.41) is 5.46. The molecule has 0 aliphatic heterocycles. The van der Waals surface area contributed by atoms with Crippen LogP contribution in [-0.2, 0) is 13.0 Å². The predicted octanol–water partition coefficient (Wildman–Crippen LogP) is 2.73. The van der Waals surface area contributed by atoms with Gasteiger partial charge in [-0.15, -0.1) is 0 Å². The summed E-state index contributed by atoms with van der Waals surface area (Å²) in [7, 11) is 1.53. The molecule has 0 aliphatic carbocycles. The van der Waals surface area contributed by atoms with E-state index in [1.54, 1.807) is 30.5 Å². The number of aromatic nitrogens is 1. The number of urea groups is 1. The number of hydrogen-bond donors (Lipinski definition) is 2. The molecule has 0 aliphatic rings. The molecule has 2 N–H and O–H groups in total. The lowest BCUT2D eigenvalue weighted by Gasteiger charge is -2.09. The van der Waals surface area contributed by atoms with E-state index in [1.807, 2.05) is 0 Å². The maximum atomic E-state index is 12.1. The SMILES string of the molecule is COc1cc(CNC(=O)NCCc2ccc(OC(F)F)cc2)ccn1. The van der Waals surface area contributed by atoms with E-state index in [0.29, 0.717) is 25.4 Å². The van der Waals surface area contributed by atoms with E-state index in [1.165, 1.54) is 19.2 Å². The number of nitrogens with one attached hydrogen (secondary N) is 2. The Balaban J connectivity index is 1.69. The minimum Gasteiger partial charge on any atom is -0.481 e. The van der Waals surface area contributed by atoms with E-state index in [9.17, 15) is 13.6 Å². The van der Waals surface area contributed by atoms with Gasteiger partial charge in [0.15, 0.2) is 0 Å². The molecular formula is C17H19F2N3O3. The summed E-state index contributed by atoms with van der Waals surface area (Å²) in [5.74, 6) is 0.594. The number of amides is 2. The van der Waals surface area contributed by atoms with Crippen molar-refractivity contribution in [3.8, 4) is 11.6 Å². The van der Waals surface area contributed by atoms with E-state index in [2.05, 4.69) is 20.4 Å². The molecule has 8 heteroatoms. The molecule has 0 unspecified atom stereocenters.